The van der Waals surface area contributed by atoms with E-state index in [2.05, 4.69) is 6.92 Å². The third kappa shape index (κ3) is 8.08. The van der Waals surface area contributed by atoms with Gasteiger partial charge in [-0.2, -0.15) is 0 Å². The predicted octanol–water partition coefficient (Wildman–Crippen LogP) is 0.150. The minimum Gasteiger partial charge on any atom is -0.748 e. The molecule has 7 nitrogen and oxygen atoms in total. The van der Waals surface area contributed by atoms with Crippen molar-refractivity contribution in [2.24, 2.45) is 0 Å². The summed E-state index contributed by atoms with van der Waals surface area (Å²) in [6.07, 6.45) is 2.70. The molecular weight excluding hydrogens is 298 g/mol. The molecule has 1 aliphatic heterocycles. The first-order valence-electron chi connectivity index (χ1n) is 7.36. The van der Waals surface area contributed by atoms with Crippen molar-refractivity contribution in [3.63, 3.8) is 0 Å². The Kier molecular flexibility index (Phi) is 10.3. The minimum atomic E-state index is -3.91. The van der Waals surface area contributed by atoms with Gasteiger partial charge in [0, 0.05) is 25.7 Å². The number of likely N-dealkylation sites (N-methyl/N-ethyl adjacent to an activating group) is 1. The van der Waals surface area contributed by atoms with Crippen LogP contribution in [0.15, 0.2) is 0 Å². The molecule has 0 spiro atoms. The Bertz CT molecular complexity index is 354. The summed E-state index contributed by atoms with van der Waals surface area (Å²) in [4.78, 5) is 0. The smallest absolute Gasteiger partial charge is 0.216 e. The van der Waals surface area contributed by atoms with Crippen LogP contribution >= 0.6 is 0 Å². The number of aliphatic hydroxyl groups is 1. The van der Waals surface area contributed by atoms with Crippen LogP contribution in [0.5, 0.6) is 0 Å². The van der Waals surface area contributed by atoms with Crippen LogP contribution in [0.4, 0.5) is 0 Å². The third-order valence-electron chi connectivity index (χ3n) is 3.82. The molecule has 0 radical (unpaired) electrons. The lowest BCUT2D eigenvalue weighted by atomic mass is 10.3. The van der Waals surface area contributed by atoms with E-state index in [1.54, 1.807) is 7.11 Å². The third-order valence-corrected chi connectivity index (χ3v) is 4.53. The second-order valence-corrected chi connectivity index (χ2v) is 6.72. The zero-order valence-corrected chi connectivity index (χ0v) is 14.1. The Morgan fingerprint density at radius 1 is 1.29 bits per heavy atom. The van der Waals surface area contributed by atoms with Crippen LogP contribution in [0.1, 0.15) is 26.7 Å². The molecule has 21 heavy (non-hydrogen) atoms. The van der Waals surface area contributed by atoms with Gasteiger partial charge >= 0.3 is 0 Å². The molecule has 0 bridgehead atoms. The van der Waals surface area contributed by atoms with Gasteiger partial charge in [-0.3, -0.25) is 4.48 Å². The fraction of sp³-hybridized carbons (Fsp3) is 1.00. The van der Waals surface area contributed by atoms with Crippen molar-refractivity contribution in [2.45, 2.75) is 32.9 Å². The number of hydrogen-bond donors (Lipinski definition) is 1. The highest BCUT2D eigenvalue weighted by molar-refractivity contribution is 7.85. The lowest BCUT2D eigenvalue weighted by molar-refractivity contribution is -0.960. The highest BCUT2D eigenvalue weighted by atomic mass is 32.2. The molecule has 0 saturated carbocycles. The molecule has 0 aromatic heterocycles. The molecule has 0 aromatic rings. The van der Waals surface area contributed by atoms with E-state index in [9.17, 15) is 13.0 Å². The summed E-state index contributed by atoms with van der Waals surface area (Å²) in [7, 11) is -2.16. The average molecular weight is 327 g/mol. The van der Waals surface area contributed by atoms with E-state index in [-0.39, 0.29) is 18.6 Å². The maximum atomic E-state index is 9.44. The molecule has 1 unspecified atom stereocenters. The minimum absolute atomic E-state index is 0.0859. The maximum absolute atomic E-state index is 9.44. The van der Waals surface area contributed by atoms with Crippen LogP contribution in [0.2, 0.25) is 0 Å². The van der Waals surface area contributed by atoms with Crippen LogP contribution in [0.3, 0.4) is 0 Å². The summed E-state index contributed by atoms with van der Waals surface area (Å²) in [6, 6.07) is 0. The maximum Gasteiger partial charge on any atom is 0.216 e. The molecule has 1 fully saturated rings. The number of aliphatic hydroxyl groups excluding tert-OH is 1. The first-order chi connectivity index (χ1) is 9.85. The largest absolute Gasteiger partial charge is 0.748 e. The van der Waals surface area contributed by atoms with Crippen molar-refractivity contribution in [3.05, 3.63) is 0 Å². The number of hydrogen-bond acceptors (Lipinski definition) is 6. The monoisotopic (exact) mass is 327 g/mol. The van der Waals surface area contributed by atoms with E-state index >= 15 is 0 Å². The first kappa shape index (κ1) is 20.8. The number of methoxy groups -OCH3 is 1. The van der Waals surface area contributed by atoms with Gasteiger partial charge in [0.15, 0.2) is 0 Å². The second kappa shape index (κ2) is 10.5. The summed E-state index contributed by atoms with van der Waals surface area (Å²) in [5, 5.41) is 8.67. The fourth-order valence-corrected chi connectivity index (χ4v) is 2.47. The Morgan fingerprint density at radius 2 is 1.81 bits per heavy atom. The van der Waals surface area contributed by atoms with Crippen LogP contribution in [-0.2, 0) is 19.6 Å². The van der Waals surface area contributed by atoms with E-state index in [1.807, 2.05) is 0 Å². The van der Waals surface area contributed by atoms with Crippen LogP contribution in [0.25, 0.3) is 0 Å². The van der Waals surface area contributed by atoms with Crippen LogP contribution in [-0.4, -0.2) is 81.1 Å². The molecule has 1 N–H and O–H groups in total. The van der Waals surface area contributed by atoms with Crippen molar-refractivity contribution in [3.8, 4) is 0 Å². The zero-order chi connectivity index (χ0) is 16.4. The predicted molar refractivity (Wildman–Crippen MR) is 78.7 cm³/mol. The van der Waals surface area contributed by atoms with Crippen LogP contribution in [0, 0.1) is 0 Å². The molecule has 0 aliphatic carbocycles. The lowest BCUT2D eigenvalue weighted by Gasteiger charge is -2.39. The number of nitrogens with zero attached hydrogens (tertiary/aromatic N) is 1. The number of quaternary nitrogens is 1. The molecule has 1 saturated heterocycles. The molecular formula is C13H29NO6S. The van der Waals surface area contributed by atoms with Gasteiger partial charge in [0.25, 0.3) is 0 Å². The first-order valence-corrected chi connectivity index (χ1v) is 8.93. The van der Waals surface area contributed by atoms with Gasteiger partial charge in [-0.1, -0.05) is 6.92 Å². The van der Waals surface area contributed by atoms with Gasteiger partial charge in [0.1, 0.15) is 6.61 Å². The summed E-state index contributed by atoms with van der Waals surface area (Å²) in [6.45, 7) is 8.08. The van der Waals surface area contributed by atoms with Crippen molar-refractivity contribution in [2.75, 3.05) is 52.3 Å². The summed E-state index contributed by atoms with van der Waals surface area (Å²) < 4.78 is 40.3. The van der Waals surface area contributed by atoms with E-state index in [4.69, 9.17) is 14.6 Å². The molecule has 0 amide bonds. The van der Waals surface area contributed by atoms with Crippen molar-refractivity contribution >= 4 is 10.1 Å². The molecule has 1 rings (SSSR count). The number of likely N-dealkylation sites (tertiary alicyclic amines) is 1. The normalized spacial score (nSPS) is 18.9. The topological polar surface area (TPSA) is 95.9 Å². The molecule has 8 heteroatoms. The molecule has 1 atom stereocenters. The summed E-state index contributed by atoms with van der Waals surface area (Å²) >= 11 is 0. The van der Waals surface area contributed by atoms with Gasteiger partial charge in [0.2, 0.25) is 6.23 Å². The Hall–Kier alpha value is -0.250. The number of rotatable bonds is 8. The van der Waals surface area contributed by atoms with Gasteiger partial charge in [-0.25, -0.2) is 8.42 Å². The average Bonchev–Trinajstić information content (AvgIpc) is 2.93. The van der Waals surface area contributed by atoms with Crippen molar-refractivity contribution < 1.29 is 32.0 Å². The van der Waals surface area contributed by atoms with Crippen molar-refractivity contribution in [1.29, 1.82) is 0 Å². The van der Waals surface area contributed by atoms with Crippen LogP contribution < -0.4 is 0 Å². The van der Waals surface area contributed by atoms with Gasteiger partial charge in [0.05, 0.1) is 43.0 Å². The molecule has 128 valence electrons. The summed E-state index contributed by atoms with van der Waals surface area (Å²) in [5.74, 6) is -0.312. The van der Waals surface area contributed by atoms with Crippen molar-refractivity contribution in [1.82, 2.24) is 0 Å². The van der Waals surface area contributed by atoms with E-state index < -0.39 is 10.1 Å². The second-order valence-electron chi connectivity index (χ2n) is 5.02. The Labute approximate surface area is 128 Å². The molecule has 0 aromatic carbocycles. The Morgan fingerprint density at radius 3 is 2.14 bits per heavy atom. The highest BCUT2D eigenvalue weighted by Crippen LogP contribution is 2.24. The van der Waals surface area contributed by atoms with Gasteiger partial charge < -0.3 is 19.1 Å². The summed E-state index contributed by atoms with van der Waals surface area (Å²) in [5.41, 5.74) is 0. The SMILES string of the molecule is CCS(=O)(=O)[O-].CC[N+]1(C(COCCO)OC)CCCC1. The molecule has 1 aliphatic rings. The molecule has 1 heterocycles. The van der Waals surface area contributed by atoms with Gasteiger partial charge in [-0.15, -0.1) is 0 Å². The van der Waals surface area contributed by atoms with E-state index in [1.165, 1.54) is 32.9 Å². The van der Waals surface area contributed by atoms with Gasteiger partial charge in [-0.05, 0) is 6.92 Å². The highest BCUT2D eigenvalue weighted by Gasteiger charge is 2.38. The number of ether oxygens (including phenoxy) is 2. The zero-order valence-electron chi connectivity index (χ0n) is 13.3. The van der Waals surface area contributed by atoms with E-state index in [0.717, 1.165) is 11.0 Å². The standard InChI is InChI=1S/C11H24NO3.C2H6O3S/c1-3-12(6-4-5-7-12)11(14-2)10-15-9-8-13;1-2-6(3,4)5/h11,13H,3-10H2,1-2H3;2H2,1H3,(H,3,4,5)/q+1;/p-1. The fourth-order valence-electron chi connectivity index (χ4n) is 2.47. The van der Waals surface area contributed by atoms with E-state index in [0.29, 0.717) is 13.2 Å². The Balaban J connectivity index is 0.000000567. The quantitative estimate of drug-likeness (QED) is 0.387. The lowest BCUT2D eigenvalue weighted by Crippen LogP contribution is -2.56.